The maximum atomic E-state index is 10.1. The van der Waals surface area contributed by atoms with E-state index in [1.165, 1.54) is 6.42 Å². The van der Waals surface area contributed by atoms with E-state index in [9.17, 15) is 4.79 Å². The molecule has 1 fully saturated rings. The van der Waals surface area contributed by atoms with Crippen molar-refractivity contribution in [3.63, 3.8) is 0 Å². The van der Waals surface area contributed by atoms with Crippen molar-refractivity contribution in [2.75, 3.05) is 0 Å². The molecule has 0 unspecified atom stereocenters. The Morgan fingerprint density at radius 3 is 2.62 bits per heavy atom. The van der Waals surface area contributed by atoms with Gasteiger partial charge in [0.2, 0.25) is 0 Å². The molecule has 74 valence electrons. The Balaban J connectivity index is 2.37. The van der Waals surface area contributed by atoms with Gasteiger partial charge in [0, 0.05) is 0 Å². The lowest BCUT2D eigenvalue weighted by Crippen LogP contribution is -2.29. The Morgan fingerprint density at radius 1 is 1.46 bits per heavy atom. The van der Waals surface area contributed by atoms with Crippen molar-refractivity contribution >= 4 is 12.2 Å². The third-order valence-corrected chi connectivity index (χ3v) is 2.35. The molecule has 0 saturated heterocycles. The second-order valence-electron chi connectivity index (χ2n) is 3.67. The van der Waals surface area contributed by atoms with Crippen LogP contribution in [0.2, 0.25) is 0 Å². The van der Waals surface area contributed by atoms with Gasteiger partial charge in [0.1, 0.15) is 5.60 Å². The van der Waals surface area contributed by atoms with Gasteiger partial charge in [-0.05, 0) is 32.6 Å². The molecule has 0 radical (unpaired) electrons. The number of rotatable bonds is 3. The van der Waals surface area contributed by atoms with Crippen molar-refractivity contribution < 1.29 is 14.7 Å². The minimum Gasteiger partial charge on any atom is -0.477 e. The van der Waals surface area contributed by atoms with Crippen LogP contribution in [0.3, 0.4) is 0 Å². The summed E-state index contributed by atoms with van der Waals surface area (Å²) in [4.78, 5) is 15.3. The van der Waals surface area contributed by atoms with E-state index >= 15 is 0 Å². The average molecular weight is 185 g/mol. The number of carboxylic acids is 1. The van der Waals surface area contributed by atoms with E-state index in [0.717, 1.165) is 31.9 Å². The zero-order chi connectivity index (χ0) is 9.73. The lowest BCUT2D eigenvalue weighted by atomic mass is 9.87. The van der Waals surface area contributed by atoms with Crippen LogP contribution in [0.4, 0.5) is 0 Å². The summed E-state index contributed by atoms with van der Waals surface area (Å²) in [5, 5.41) is 11.7. The first-order valence-electron chi connectivity index (χ1n) is 4.57. The van der Waals surface area contributed by atoms with E-state index < -0.39 is 5.97 Å². The normalized spacial score (nSPS) is 21.6. The van der Waals surface area contributed by atoms with Crippen LogP contribution < -0.4 is 0 Å². The van der Waals surface area contributed by atoms with E-state index in [0.29, 0.717) is 0 Å². The van der Waals surface area contributed by atoms with E-state index in [2.05, 4.69) is 5.16 Å². The van der Waals surface area contributed by atoms with Crippen molar-refractivity contribution in [2.45, 2.75) is 44.6 Å². The number of aliphatic carboxylic acids is 1. The van der Waals surface area contributed by atoms with Crippen LogP contribution in [0.25, 0.3) is 0 Å². The molecule has 4 nitrogen and oxygen atoms in total. The first-order chi connectivity index (χ1) is 6.12. The van der Waals surface area contributed by atoms with Crippen LogP contribution in [0.1, 0.15) is 39.0 Å². The number of nitrogens with zero attached hydrogens (tertiary/aromatic N) is 1. The molecule has 0 aromatic carbocycles. The molecule has 1 aliphatic rings. The van der Waals surface area contributed by atoms with Crippen molar-refractivity contribution in [3.8, 4) is 0 Å². The first-order valence-corrected chi connectivity index (χ1v) is 4.57. The summed E-state index contributed by atoms with van der Waals surface area (Å²) in [6.07, 6.45) is 6.23. The average Bonchev–Trinajstić information content (AvgIpc) is 2.04. The van der Waals surface area contributed by atoms with Crippen molar-refractivity contribution in [2.24, 2.45) is 5.16 Å². The minimum absolute atomic E-state index is 0.246. The quantitative estimate of drug-likeness (QED) is 0.538. The lowest BCUT2D eigenvalue weighted by Gasteiger charge is -2.30. The number of oxime groups is 1. The van der Waals surface area contributed by atoms with E-state index in [1.54, 1.807) is 0 Å². The molecule has 0 aromatic rings. The van der Waals surface area contributed by atoms with Gasteiger partial charge >= 0.3 is 5.97 Å². The molecule has 0 heterocycles. The van der Waals surface area contributed by atoms with Gasteiger partial charge in [0.05, 0.1) is 0 Å². The molecular weight excluding hydrogens is 170 g/mol. The van der Waals surface area contributed by atoms with Gasteiger partial charge in [-0.2, -0.15) is 0 Å². The summed E-state index contributed by atoms with van der Waals surface area (Å²) in [5.74, 6) is -1.07. The van der Waals surface area contributed by atoms with Gasteiger partial charge in [-0.25, -0.2) is 4.79 Å². The van der Waals surface area contributed by atoms with Gasteiger partial charge < -0.3 is 9.94 Å². The molecule has 0 aliphatic heterocycles. The van der Waals surface area contributed by atoms with Gasteiger partial charge in [0.15, 0.2) is 6.21 Å². The molecule has 0 aromatic heterocycles. The molecule has 0 spiro atoms. The zero-order valence-electron chi connectivity index (χ0n) is 7.82. The molecule has 1 saturated carbocycles. The second-order valence-corrected chi connectivity index (χ2v) is 3.67. The topological polar surface area (TPSA) is 58.9 Å². The van der Waals surface area contributed by atoms with E-state index in [1.807, 2.05) is 6.92 Å². The van der Waals surface area contributed by atoms with Crippen LogP contribution in [-0.4, -0.2) is 22.9 Å². The maximum absolute atomic E-state index is 10.1. The fourth-order valence-corrected chi connectivity index (χ4v) is 1.59. The van der Waals surface area contributed by atoms with Crippen molar-refractivity contribution in [1.29, 1.82) is 0 Å². The Labute approximate surface area is 77.6 Å². The van der Waals surface area contributed by atoms with Gasteiger partial charge in [-0.15, -0.1) is 0 Å². The third kappa shape index (κ3) is 3.44. The summed E-state index contributed by atoms with van der Waals surface area (Å²) in [6, 6.07) is 0. The summed E-state index contributed by atoms with van der Waals surface area (Å²) >= 11 is 0. The predicted octanol–water partition coefficient (Wildman–Crippen LogP) is 1.80. The number of hydrogen-bond donors (Lipinski definition) is 1. The number of carbonyl (C=O) groups is 1. The highest BCUT2D eigenvalue weighted by Gasteiger charge is 2.28. The highest BCUT2D eigenvalue weighted by atomic mass is 16.6. The summed E-state index contributed by atoms with van der Waals surface area (Å²) in [7, 11) is 0. The number of carboxylic acid groups (broad SMARTS) is 1. The third-order valence-electron chi connectivity index (χ3n) is 2.35. The fraction of sp³-hybridized carbons (Fsp3) is 0.778. The highest BCUT2D eigenvalue weighted by Crippen LogP contribution is 2.30. The Hall–Kier alpha value is -1.06. The second kappa shape index (κ2) is 4.25. The fourth-order valence-electron chi connectivity index (χ4n) is 1.59. The smallest absolute Gasteiger partial charge is 0.350 e. The van der Waals surface area contributed by atoms with Crippen molar-refractivity contribution in [1.82, 2.24) is 0 Å². The van der Waals surface area contributed by atoms with Gasteiger partial charge in [-0.3, -0.25) is 0 Å². The van der Waals surface area contributed by atoms with Crippen LogP contribution >= 0.6 is 0 Å². The molecule has 1 N–H and O–H groups in total. The SMILES string of the molecule is CC1(ON=CC(=O)O)CCCCC1. The summed E-state index contributed by atoms with van der Waals surface area (Å²) < 4.78 is 0. The van der Waals surface area contributed by atoms with Gasteiger partial charge in [-0.1, -0.05) is 11.6 Å². The lowest BCUT2D eigenvalue weighted by molar-refractivity contribution is -0.129. The summed E-state index contributed by atoms with van der Waals surface area (Å²) in [5.41, 5.74) is -0.246. The van der Waals surface area contributed by atoms with Crippen LogP contribution in [0.5, 0.6) is 0 Å². The highest BCUT2D eigenvalue weighted by molar-refractivity contribution is 6.21. The van der Waals surface area contributed by atoms with Crippen LogP contribution in [0.15, 0.2) is 5.16 Å². The molecule has 0 atom stereocenters. The molecule has 1 rings (SSSR count). The molecule has 0 bridgehead atoms. The summed E-state index contributed by atoms with van der Waals surface area (Å²) in [6.45, 7) is 1.98. The minimum atomic E-state index is -1.07. The molecular formula is C9H15NO3. The predicted molar refractivity (Wildman–Crippen MR) is 48.7 cm³/mol. The Bertz CT molecular complexity index is 207. The maximum Gasteiger partial charge on any atom is 0.350 e. The Morgan fingerprint density at radius 2 is 2.08 bits per heavy atom. The first kappa shape index (κ1) is 10.0. The molecule has 4 heteroatoms. The van der Waals surface area contributed by atoms with Crippen LogP contribution in [0, 0.1) is 0 Å². The number of hydrogen-bond acceptors (Lipinski definition) is 3. The van der Waals surface area contributed by atoms with Gasteiger partial charge in [0.25, 0.3) is 0 Å². The molecule has 13 heavy (non-hydrogen) atoms. The van der Waals surface area contributed by atoms with E-state index in [-0.39, 0.29) is 5.60 Å². The standard InChI is InChI=1S/C9H15NO3/c1-9(5-3-2-4-6-9)13-10-7-8(11)12/h7H,2-6H2,1H3,(H,11,12). The Kier molecular flexibility index (Phi) is 3.28. The molecule has 1 aliphatic carbocycles. The van der Waals surface area contributed by atoms with Crippen LogP contribution in [-0.2, 0) is 9.63 Å². The zero-order valence-corrected chi connectivity index (χ0v) is 7.82. The van der Waals surface area contributed by atoms with E-state index in [4.69, 9.17) is 9.94 Å². The molecule has 0 amide bonds. The van der Waals surface area contributed by atoms with Crippen molar-refractivity contribution in [3.05, 3.63) is 0 Å². The monoisotopic (exact) mass is 185 g/mol. The largest absolute Gasteiger partial charge is 0.477 e.